The van der Waals surface area contributed by atoms with Crippen molar-refractivity contribution in [2.24, 2.45) is 0 Å². The molecule has 0 spiro atoms. The summed E-state index contributed by atoms with van der Waals surface area (Å²) in [5, 5.41) is 21.3. The van der Waals surface area contributed by atoms with Crippen molar-refractivity contribution in [3.63, 3.8) is 0 Å². The largest absolute Gasteiger partial charge is 0.478 e. The van der Waals surface area contributed by atoms with Crippen LogP contribution in [0, 0.1) is 0 Å². The monoisotopic (exact) mass is 238 g/mol. The van der Waals surface area contributed by atoms with Gasteiger partial charge in [-0.05, 0) is 25.0 Å². The molecule has 0 radical (unpaired) electrons. The van der Waals surface area contributed by atoms with Gasteiger partial charge in [0.05, 0.1) is 11.7 Å². The van der Waals surface area contributed by atoms with Crippen LogP contribution in [0.25, 0.3) is 0 Å². The van der Waals surface area contributed by atoms with Gasteiger partial charge in [-0.15, -0.1) is 0 Å². The van der Waals surface area contributed by atoms with Gasteiger partial charge >= 0.3 is 5.97 Å². The van der Waals surface area contributed by atoms with Crippen LogP contribution in [0.1, 0.15) is 36.3 Å². The first-order valence-corrected chi connectivity index (χ1v) is 5.73. The quantitative estimate of drug-likeness (QED) is 0.700. The third kappa shape index (κ3) is 4.03. The SMILES string of the molecule is CCc1cc(C(=O)O)cc(NCC(O)CC)n1. The van der Waals surface area contributed by atoms with Crippen molar-refractivity contribution < 1.29 is 15.0 Å². The van der Waals surface area contributed by atoms with Crippen LogP contribution in [0.3, 0.4) is 0 Å². The number of anilines is 1. The first-order chi connectivity index (χ1) is 8.06. The number of pyridine rings is 1. The minimum atomic E-state index is -0.971. The predicted octanol–water partition coefficient (Wildman–Crippen LogP) is 1.52. The second kappa shape index (κ2) is 6.20. The molecular weight excluding hydrogens is 220 g/mol. The van der Waals surface area contributed by atoms with E-state index in [1.54, 1.807) is 6.07 Å². The Morgan fingerprint density at radius 3 is 2.71 bits per heavy atom. The van der Waals surface area contributed by atoms with Gasteiger partial charge in [-0.25, -0.2) is 9.78 Å². The van der Waals surface area contributed by atoms with E-state index in [9.17, 15) is 9.90 Å². The van der Waals surface area contributed by atoms with Crippen molar-refractivity contribution in [3.05, 3.63) is 23.4 Å². The fourth-order valence-corrected chi connectivity index (χ4v) is 1.35. The molecule has 1 rings (SSSR count). The van der Waals surface area contributed by atoms with Crippen molar-refractivity contribution in [1.82, 2.24) is 4.98 Å². The minimum Gasteiger partial charge on any atom is -0.478 e. The van der Waals surface area contributed by atoms with Gasteiger partial charge in [0, 0.05) is 12.2 Å². The van der Waals surface area contributed by atoms with Gasteiger partial charge in [0.2, 0.25) is 0 Å². The van der Waals surface area contributed by atoms with Crippen molar-refractivity contribution in [2.45, 2.75) is 32.8 Å². The van der Waals surface area contributed by atoms with Crippen LogP contribution in [-0.2, 0) is 6.42 Å². The zero-order chi connectivity index (χ0) is 12.8. The summed E-state index contributed by atoms with van der Waals surface area (Å²) in [5.41, 5.74) is 0.934. The van der Waals surface area contributed by atoms with Crippen molar-refractivity contribution in [1.29, 1.82) is 0 Å². The van der Waals surface area contributed by atoms with Crippen LogP contribution < -0.4 is 5.32 Å². The van der Waals surface area contributed by atoms with E-state index < -0.39 is 12.1 Å². The van der Waals surface area contributed by atoms with Crippen LogP contribution in [0.15, 0.2) is 12.1 Å². The van der Waals surface area contributed by atoms with E-state index in [2.05, 4.69) is 10.3 Å². The number of carbonyl (C=O) groups is 1. The number of aryl methyl sites for hydroxylation is 1. The van der Waals surface area contributed by atoms with Gasteiger partial charge in [0.25, 0.3) is 0 Å². The van der Waals surface area contributed by atoms with Crippen molar-refractivity contribution in [2.75, 3.05) is 11.9 Å². The first-order valence-electron chi connectivity index (χ1n) is 5.73. The van der Waals surface area contributed by atoms with E-state index in [1.165, 1.54) is 6.07 Å². The summed E-state index contributed by atoms with van der Waals surface area (Å²) in [6, 6.07) is 3.04. The molecule has 94 valence electrons. The fraction of sp³-hybridized carbons (Fsp3) is 0.500. The Balaban J connectivity index is 2.83. The normalized spacial score (nSPS) is 12.2. The molecule has 3 N–H and O–H groups in total. The Labute approximate surface area is 101 Å². The number of aromatic carboxylic acids is 1. The van der Waals surface area contributed by atoms with Gasteiger partial charge in [-0.1, -0.05) is 13.8 Å². The fourth-order valence-electron chi connectivity index (χ4n) is 1.35. The summed E-state index contributed by atoms with van der Waals surface area (Å²) in [5.74, 6) is -0.476. The molecule has 0 bridgehead atoms. The van der Waals surface area contributed by atoms with Crippen LogP contribution in [0.5, 0.6) is 0 Å². The average Bonchev–Trinajstić information content (AvgIpc) is 2.35. The number of hydrogen-bond donors (Lipinski definition) is 3. The van der Waals surface area contributed by atoms with Crippen LogP contribution in [-0.4, -0.2) is 33.8 Å². The third-order valence-electron chi connectivity index (χ3n) is 2.48. The maximum atomic E-state index is 10.9. The van der Waals surface area contributed by atoms with E-state index >= 15 is 0 Å². The number of aromatic nitrogens is 1. The lowest BCUT2D eigenvalue weighted by Crippen LogP contribution is -2.19. The van der Waals surface area contributed by atoms with E-state index in [0.717, 1.165) is 5.69 Å². The highest BCUT2D eigenvalue weighted by Crippen LogP contribution is 2.11. The number of nitrogens with one attached hydrogen (secondary N) is 1. The third-order valence-corrected chi connectivity index (χ3v) is 2.48. The molecule has 0 aliphatic rings. The lowest BCUT2D eigenvalue weighted by atomic mass is 10.2. The molecule has 1 atom stereocenters. The molecule has 1 aromatic heterocycles. The lowest BCUT2D eigenvalue weighted by molar-refractivity contribution is 0.0696. The molecule has 1 unspecified atom stereocenters. The zero-order valence-corrected chi connectivity index (χ0v) is 10.1. The molecule has 1 heterocycles. The van der Waals surface area contributed by atoms with Crippen molar-refractivity contribution in [3.8, 4) is 0 Å². The highest BCUT2D eigenvalue weighted by atomic mass is 16.4. The summed E-state index contributed by atoms with van der Waals surface area (Å²) >= 11 is 0. The summed E-state index contributed by atoms with van der Waals surface area (Å²) in [6.07, 6.45) is 0.869. The molecular formula is C12H18N2O3. The molecule has 17 heavy (non-hydrogen) atoms. The number of rotatable bonds is 6. The Morgan fingerprint density at radius 2 is 2.18 bits per heavy atom. The summed E-state index contributed by atoms with van der Waals surface area (Å²) in [7, 11) is 0. The van der Waals surface area contributed by atoms with Crippen LogP contribution in [0.2, 0.25) is 0 Å². The molecule has 0 saturated carbocycles. The lowest BCUT2D eigenvalue weighted by Gasteiger charge is -2.11. The Morgan fingerprint density at radius 1 is 1.47 bits per heavy atom. The molecule has 5 heteroatoms. The van der Waals surface area contributed by atoms with Crippen LogP contribution in [0.4, 0.5) is 5.82 Å². The molecule has 0 aliphatic carbocycles. The number of nitrogens with zero attached hydrogens (tertiary/aromatic N) is 1. The number of carboxylic acid groups (broad SMARTS) is 1. The highest BCUT2D eigenvalue weighted by molar-refractivity contribution is 5.88. The molecule has 0 aromatic carbocycles. The number of aliphatic hydroxyl groups is 1. The average molecular weight is 238 g/mol. The van der Waals surface area contributed by atoms with Crippen LogP contribution >= 0.6 is 0 Å². The second-order valence-electron chi connectivity index (χ2n) is 3.83. The highest BCUT2D eigenvalue weighted by Gasteiger charge is 2.08. The molecule has 0 saturated heterocycles. The van der Waals surface area contributed by atoms with Crippen molar-refractivity contribution >= 4 is 11.8 Å². The molecule has 1 aromatic rings. The maximum Gasteiger partial charge on any atom is 0.335 e. The first kappa shape index (κ1) is 13.4. The topological polar surface area (TPSA) is 82.5 Å². The molecule has 0 amide bonds. The molecule has 5 nitrogen and oxygen atoms in total. The molecule has 0 fully saturated rings. The van der Waals surface area contributed by atoms with E-state index in [4.69, 9.17) is 5.11 Å². The van der Waals surface area contributed by atoms with Gasteiger partial charge < -0.3 is 15.5 Å². The zero-order valence-electron chi connectivity index (χ0n) is 10.1. The predicted molar refractivity (Wildman–Crippen MR) is 65.4 cm³/mol. The van der Waals surface area contributed by atoms with Gasteiger partial charge in [0.1, 0.15) is 5.82 Å². The van der Waals surface area contributed by atoms with E-state index in [-0.39, 0.29) is 5.56 Å². The van der Waals surface area contributed by atoms with Gasteiger partial charge in [0.15, 0.2) is 0 Å². The Kier molecular flexibility index (Phi) is 4.90. The number of aliphatic hydroxyl groups excluding tert-OH is 1. The smallest absolute Gasteiger partial charge is 0.335 e. The van der Waals surface area contributed by atoms with Gasteiger partial charge in [-0.2, -0.15) is 0 Å². The second-order valence-corrected chi connectivity index (χ2v) is 3.83. The minimum absolute atomic E-state index is 0.213. The standard InChI is InChI=1S/C12H18N2O3/c1-3-9-5-8(12(16)17)6-11(14-9)13-7-10(15)4-2/h5-6,10,15H,3-4,7H2,1-2H3,(H,13,14)(H,16,17). The van der Waals surface area contributed by atoms with E-state index in [0.29, 0.717) is 25.2 Å². The number of carboxylic acids is 1. The summed E-state index contributed by atoms with van der Waals surface area (Å²) in [4.78, 5) is 15.2. The Hall–Kier alpha value is -1.62. The number of hydrogen-bond acceptors (Lipinski definition) is 4. The Bertz CT molecular complexity index is 393. The summed E-state index contributed by atoms with van der Waals surface area (Å²) < 4.78 is 0. The maximum absolute atomic E-state index is 10.9. The van der Waals surface area contributed by atoms with Gasteiger partial charge in [-0.3, -0.25) is 0 Å². The van der Waals surface area contributed by atoms with E-state index in [1.807, 2.05) is 13.8 Å². The summed E-state index contributed by atoms with van der Waals surface area (Å²) in [6.45, 7) is 4.17. The molecule has 0 aliphatic heterocycles.